The molecule has 0 aromatic heterocycles. The van der Waals surface area contributed by atoms with Crippen LogP contribution in [0.1, 0.15) is 24.8 Å². The molecule has 19 heavy (non-hydrogen) atoms. The topological polar surface area (TPSA) is 24.5 Å². The van der Waals surface area contributed by atoms with E-state index in [4.69, 9.17) is 4.74 Å². The summed E-state index contributed by atoms with van der Waals surface area (Å²) in [6, 6.07) is 8.87. The van der Waals surface area contributed by atoms with Crippen LogP contribution in [0.3, 0.4) is 0 Å². The van der Waals surface area contributed by atoms with Gasteiger partial charge in [-0.25, -0.2) is 0 Å². The van der Waals surface area contributed by atoms with Crippen LogP contribution in [-0.4, -0.2) is 37.7 Å². The zero-order valence-corrected chi connectivity index (χ0v) is 11.6. The first-order valence-corrected chi connectivity index (χ1v) is 7.53. The highest BCUT2D eigenvalue weighted by molar-refractivity contribution is 5.45. The van der Waals surface area contributed by atoms with Gasteiger partial charge < -0.3 is 10.1 Å². The number of nitrogens with one attached hydrogen (secondary N) is 1. The molecular formula is C16H24N2O. The van der Waals surface area contributed by atoms with Crippen LogP contribution in [0.25, 0.3) is 0 Å². The Kier molecular flexibility index (Phi) is 4.36. The van der Waals surface area contributed by atoms with Crippen molar-refractivity contribution in [3.8, 4) is 0 Å². The van der Waals surface area contributed by atoms with E-state index in [1.54, 1.807) is 0 Å². The molecule has 2 saturated heterocycles. The SMILES string of the molecule is c1cc(CN2CCCC2)cc(NCC2CCOC2)c1. The highest BCUT2D eigenvalue weighted by atomic mass is 16.5. The average Bonchev–Trinajstić information content (AvgIpc) is 3.10. The molecule has 104 valence electrons. The zero-order valence-electron chi connectivity index (χ0n) is 11.6. The molecule has 0 radical (unpaired) electrons. The molecule has 1 atom stereocenters. The summed E-state index contributed by atoms with van der Waals surface area (Å²) < 4.78 is 5.41. The molecule has 2 heterocycles. The predicted octanol–water partition coefficient (Wildman–Crippen LogP) is 2.73. The fraction of sp³-hybridized carbons (Fsp3) is 0.625. The second-order valence-corrected chi connectivity index (χ2v) is 5.79. The summed E-state index contributed by atoms with van der Waals surface area (Å²) in [6.45, 7) is 6.51. The number of ether oxygens (including phenoxy) is 1. The highest BCUT2D eigenvalue weighted by Crippen LogP contribution is 2.18. The Bertz CT molecular complexity index is 395. The van der Waals surface area contributed by atoms with Crippen molar-refractivity contribution in [1.82, 2.24) is 4.90 Å². The molecule has 3 nitrogen and oxygen atoms in total. The van der Waals surface area contributed by atoms with Gasteiger partial charge in [0.1, 0.15) is 0 Å². The van der Waals surface area contributed by atoms with Crippen LogP contribution < -0.4 is 5.32 Å². The van der Waals surface area contributed by atoms with Crippen molar-refractivity contribution >= 4 is 5.69 Å². The molecule has 1 aromatic carbocycles. The lowest BCUT2D eigenvalue weighted by atomic mass is 10.1. The Morgan fingerprint density at radius 3 is 2.95 bits per heavy atom. The number of likely N-dealkylation sites (tertiary alicyclic amines) is 1. The zero-order chi connectivity index (χ0) is 12.9. The normalized spacial score (nSPS) is 23.9. The lowest BCUT2D eigenvalue weighted by molar-refractivity contribution is 0.187. The van der Waals surface area contributed by atoms with Crippen LogP contribution in [-0.2, 0) is 11.3 Å². The molecule has 0 spiro atoms. The second-order valence-electron chi connectivity index (χ2n) is 5.79. The first-order valence-electron chi connectivity index (χ1n) is 7.53. The van der Waals surface area contributed by atoms with Crippen molar-refractivity contribution in [3.05, 3.63) is 29.8 Å². The standard InChI is InChI=1S/C16H24N2O/c1-2-8-18(7-1)12-14-4-3-5-16(10-14)17-11-15-6-9-19-13-15/h3-5,10,15,17H,1-2,6-9,11-13H2. The fourth-order valence-electron chi connectivity index (χ4n) is 2.99. The molecule has 0 bridgehead atoms. The van der Waals surface area contributed by atoms with Gasteiger partial charge in [0, 0.05) is 31.3 Å². The number of rotatable bonds is 5. The summed E-state index contributed by atoms with van der Waals surface area (Å²) in [7, 11) is 0. The van der Waals surface area contributed by atoms with Crippen LogP contribution in [0, 0.1) is 5.92 Å². The fourth-order valence-corrected chi connectivity index (χ4v) is 2.99. The lowest BCUT2D eigenvalue weighted by Gasteiger charge is -2.16. The monoisotopic (exact) mass is 260 g/mol. The molecule has 2 fully saturated rings. The molecule has 0 amide bonds. The third-order valence-corrected chi connectivity index (χ3v) is 4.15. The number of nitrogens with zero attached hydrogens (tertiary/aromatic N) is 1. The number of benzene rings is 1. The van der Waals surface area contributed by atoms with E-state index in [0.29, 0.717) is 5.92 Å². The summed E-state index contributed by atoms with van der Waals surface area (Å²) in [5.41, 5.74) is 2.68. The maximum Gasteiger partial charge on any atom is 0.0511 e. The molecule has 3 rings (SSSR count). The smallest absolute Gasteiger partial charge is 0.0511 e. The maximum absolute atomic E-state index is 5.41. The number of anilines is 1. The number of hydrogen-bond acceptors (Lipinski definition) is 3. The Hall–Kier alpha value is -1.06. The minimum atomic E-state index is 0.683. The van der Waals surface area contributed by atoms with E-state index in [9.17, 15) is 0 Å². The van der Waals surface area contributed by atoms with Crippen LogP contribution in [0.2, 0.25) is 0 Å². The van der Waals surface area contributed by atoms with Gasteiger partial charge in [0.15, 0.2) is 0 Å². The Morgan fingerprint density at radius 2 is 2.16 bits per heavy atom. The van der Waals surface area contributed by atoms with E-state index in [-0.39, 0.29) is 0 Å². The van der Waals surface area contributed by atoms with Crippen molar-refractivity contribution in [1.29, 1.82) is 0 Å². The van der Waals surface area contributed by atoms with Gasteiger partial charge in [-0.15, -0.1) is 0 Å². The molecule has 3 heteroatoms. The minimum Gasteiger partial charge on any atom is -0.385 e. The van der Waals surface area contributed by atoms with Crippen LogP contribution in [0.5, 0.6) is 0 Å². The van der Waals surface area contributed by atoms with E-state index >= 15 is 0 Å². The third-order valence-electron chi connectivity index (χ3n) is 4.15. The maximum atomic E-state index is 5.41. The summed E-state index contributed by atoms with van der Waals surface area (Å²) in [5, 5.41) is 3.55. The number of hydrogen-bond donors (Lipinski definition) is 1. The summed E-state index contributed by atoms with van der Waals surface area (Å²) >= 11 is 0. The van der Waals surface area contributed by atoms with E-state index in [2.05, 4.69) is 34.5 Å². The Balaban J connectivity index is 1.52. The van der Waals surface area contributed by atoms with Gasteiger partial charge in [0.05, 0.1) is 6.61 Å². The van der Waals surface area contributed by atoms with E-state index in [0.717, 1.165) is 26.3 Å². The average molecular weight is 260 g/mol. The van der Waals surface area contributed by atoms with Gasteiger partial charge in [-0.1, -0.05) is 12.1 Å². The van der Waals surface area contributed by atoms with Gasteiger partial charge in [0.25, 0.3) is 0 Å². The molecule has 0 aliphatic carbocycles. The van der Waals surface area contributed by atoms with E-state index in [1.807, 2.05) is 0 Å². The van der Waals surface area contributed by atoms with Gasteiger partial charge in [-0.3, -0.25) is 4.90 Å². The van der Waals surface area contributed by atoms with Crippen molar-refractivity contribution in [3.63, 3.8) is 0 Å². The largest absolute Gasteiger partial charge is 0.385 e. The van der Waals surface area contributed by atoms with Crippen molar-refractivity contribution in [2.24, 2.45) is 5.92 Å². The summed E-state index contributed by atoms with van der Waals surface area (Å²) in [5.74, 6) is 0.683. The quantitative estimate of drug-likeness (QED) is 0.881. The Morgan fingerprint density at radius 1 is 1.26 bits per heavy atom. The van der Waals surface area contributed by atoms with Crippen molar-refractivity contribution in [2.45, 2.75) is 25.8 Å². The van der Waals surface area contributed by atoms with Gasteiger partial charge in [-0.2, -0.15) is 0 Å². The van der Waals surface area contributed by atoms with Gasteiger partial charge >= 0.3 is 0 Å². The molecule has 2 aliphatic rings. The van der Waals surface area contributed by atoms with Crippen molar-refractivity contribution < 1.29 is 4.74 Å². The Labute approximate surface area is 115 Å². The van der Waals surface area contributed by atoms with Crippen LogP contribution in [0.15, 0.2) is 24.3 Å². The molecule has 0 saturated carbocycles. The second kappa shape index (κ2) is 6.40. The van der Waals surface area contributed by atoms with E-state index in [1.165, 1.54) is 43.6 Å². The first kappa shape index (κ1) is 12.9. The molecule has 1 N–H and O–H groups in total. The summed E-state index contributed by atoms with van der Waals surface area (Å²) in [4.78, 5) is 2.55. The summed E-state index contributed by atoms with van der Waals surface area (Å²) in [6.07, 6.45) is 3.92. The predicted molar refractivity (Wildman–Crippen MR) is 78.4 cm³/mol. The van der Waals surface area contributed by atoms with Gasteiger partial charge in [0.2, 0.25) is 0 Å². The van der Waals surface area contributed by atoms with Gasteiger partial charge in [-0.05, 0) is 50.0 Å². The first-order chi connectivity index (χ1) is 9.40. The molecule has 2 aliphatic heterocycles. The molecular weight excluding hydrogens is 236 g/mol. The van der Waals surface area contributed by atoms with Crippen LogP contribution >= 0.6 is 0 Å². The molecule has 1 unspecified atom stereocenters. The van der Waals surface area contributed by atoms with Crippen molar-refractivity contribution in [2.75, 3.05) is 38.2 Å². The highest BCUT2D eigenvalue weighted by Gasteiger charge is 2.15. The van der Waals surface area contributed by atoms with E-state index < -0.39 is 0 Å². The third kappa shape index (κ3) is 3.71. The minimum absolute atomic E-state index is 0.683. The molecule has 1 aromatic rings. The van der Waals surface area contributed by atoms with Crippen LogP contribution in [0.4, 0.5) is 5.69 Å². The lowest BCUT2D eigenvalue weighted by Crippen LogP contribution is -2.18.